The molecule has 0 saturated carbocycles. The summed E-state index contributed by atoms with van der Waals surface area (Å²) in [6.45, 7) is 7.21. The van der Waals surface area contributed by atoms with Gasteiger partial charge in [0.05, 0.1) is 0 Å². The second kappa shape index (κ2) is 4.18. The van der Waals surface area contributed by atoms with Crippen LogP contribution in [-0.4, -0.2) is 5.78 Å². The Labute approximate surface area is 83.3 Å². The van der Waals surface area contributed by atoms with E-state index in [9.17, 15) is 9.18 Å². The zero-order valence-corrected chi connectivity index (χ0v) is 8.43. The van der Waals surface area contributed by atoms with E-state index in [1.165, 1.54) is 18.2 Å². The largest absolute Gasteiger partial charge is 0.294 e. The Balaban J connectivity index is 2.96. The van der Waals surface area contributed by atoms with Crippen molar-refractivity contribution in [2.45, 2.75) is 20.3 Å². The van der Waals surface area contributed by atoms with Gasteiger partial charge in [-0.05, 0) is 37.6 Å². The van der Waals surface area contributed by atoms with Crippen LogP contribution in [0.4, 0.5) is 4.39 Å². The average molecular weight is 192 g/mol. The Morgan fingerprint density at radius 2 is 2.14 bits per heavy atom. The van der Waals surface area contributed by atoms with E-state index in [-0.39, 0.29) is 11.6 Å². The highest BCUT2D eigenvalue weighted by Gasteiger charge is 2.09. The quantitative estimate of drug-likeness (QED) is 0.530. The maximum Gasteiger partial charge on any atom is 0.167 e. The third kappa shape index (κ3) is 2.52. The van der Waals surface area contributed by atoms with Gasteiger partial charge in [-0.3, -0.25) is 4.79 Å². The average Bonchev–Trinajstić information content (AvgIpc) is 2.01. The lowest BCUT2D eigenvalue weighted by Gasteiger charge is -2.04. The van der Waals surface area contributed by atoms with Crippen LogP contribution in [-0.2, 0) is 0 Å². The molecule has 0 heterocycles. The van der Waals surface area contributed by atoms with E-state index >= 15 is 0 Å². The molecule has 0 amide bonds. The number of allylic oxidation sites excluding steroid dienone is 1. The van der Waals surface area contributed by atoms with Crippen LogP contribution >= 0.6 is 0 Å². The van der Waals surface area contributed by atoms with Gasteiger partial charge in [-0.1, -0.05) is 12.2 Å². The van der Waals surface area contributed by atoms with Crippen molar-refractivity contribution in [2.75, 3.05) is 0 Å². The van der Waals surface area contributed by atoms with Gasteiger partial charge in [-0.25, -0.2) is 4.39 Å². The van der Waals surface area contributed by atoms with Crippen LogP contribution in [0.1, 0.15) is 29.3 Å². The van der Waals surface area contributed by atoms with Crippen molar-refractivity contribution in [1.82, 2.24) is 0 Å². The second-order valence-electron chi connectivity index (χ2n) is 3.52. The summed E-state index contributed by atoms with van der Waals surface area (Å²) in [7, 11) is 0. The molecular formula is C12H13FO. The zero-order valence-electron chi connectivity index (χ0n) is 8.43. The van der Waals surface area contributed by atoms with Gasteiger partial charge in [0.2, 0.25) is 0 Å². The van der Waals surface area contributed by atoms with Crippen molar-refractivity contribution in [3.05, 3.63) is 47.3 Å². The number of hydrogen-bond donors (Lipinski definition) is 0. The molecule has 0 aliphatic rings. The fraction of sp³-hybridized carbons (Fsp3) is 0.250. The van der Waals surface area contributed by atoms with Crippen LogP contribution in [0, 0.1) is 12.7 Å². The van der Waals surface area contributed by atoms with Gasteiger partial charge in [0.15, 0.2) is 5.78 Å². The van der Waals surface area contributed by atoms with Crippen molar-refractivity contribution in [3.63, 3.8) is 0 Å². The van der Waals surface area contributed by atoms with Crippen LogP contribution in [0.15, 0.2) is 30.4 Å². The van der Waals surface area contributed by atoms with E-state index in [0.29, 0.717) is 17.5 Å². The van der Waals surface area contributed by atoms with Crippen molar-refractivity contribution < 1.29 is 9.18 Å². The first kappa shape index (κ1) is 10.6. The first-order chi connectivity index (χ1) is 6.50. The van der Waals surface area contributed by atoms with Crippen LogP contribution in [0.25, 0.3) is 0 Å². The van der Waals surface area contributed by atoms with E-state index in [0.717, 1.165) is 5.57 Å². The molecule has 0 unspecified atom stereocenters. The Morgan fingerprint density at radius 3 is 2.64 bits per heavy atom. The highest BCUT2D eigenvalue weighted by atomic mass is 19.1. The molecule has 0 radical (unpaired) electrons. The zero-order chi connectivity index (χ0) is 10.7. The van der Waals surface area contributed by atoms with E-state index < -0.39 is 0 Å². The molecule has 74 valence electrons. The van der Waals surface area contributed by atoms with E-state index in [4.69, 9.17) is 0 Å². The molecule has 0 aromatic heterocycles. The van der Waals surface area contributed by atoms with Gasteiger partial charge in [-0.15, -0.1) is 0 Å². The Morgan fingerprint density at radius 1 is 1.50 bits per heavy atom. The van der Waals surface area contributed by atoms with Crippen LogP contribution in [0.3, 0.4) is 0 Å². The molecule has 14 heavy (non-hydrogen) atoms. The lowest BCUT2D eigenvalue weighted by Crippen LogP contribution is -2.02. The molecular weight excluding hydrogens is 179 g/mol. The molecule has 0 bridgehead atoms. The number of Topliss-reactive ketones (excluding diaryl/α,β-unsaturated/α-hetero) is 1. The Hall–Kier alpha value is -1.44. The first-order valence-electron chi connectivity index (χ1n) is 4.44. The van der Waals surface area contributed by atoms with Gasteiger partial charge in [0.25, 0.3) is 0 Å². The van der Waals surface area contributed by atoms with Crippen LogP contribution in [0.2, 0.25) is 0 Å². The molecule has 0 fully saturated rings. The molecule has 0 spiro atoms. The molecule has 1 aromatic carbocycles. The Bertz CT molecular complexity index is 380. The molecule has 1 aromatic rings. The van der Waals surface area contributed by atoms with Crippen LogP contribution in [0.5, 0.6) is 0 Å². The summed E-state index contributed by atoms with van der Waals surface area (Å²) in [6, 6.07) is 4.19. The smallest absolute Gasteiger partial charge is 0.167 e. The molecule has 2 heteroatoms. The second-order valence-corrected chi connectivity index (χ2v) is 3.52. The lowest BCUT2D eigenvalue weighted by molar-refractivity contribution is 0.0992. The van der Waals surface area contributed by atoms with E-state index in [1.807, 2.05) is 0 Å². The maximum absolute atomic E-state index is 12.7. The summed E-state index contributed by atoms with van der Waals surface area (Å²) in [5.41, 5.74) is 2.07. The number of rotatable bonds is 3. The highest BCUT2D eigenvalue weighted by Crippen LogP contribution is 2.14. The first-order valence-corrected chi connectivity index (χ1v) is 4.44. The highest BCUT2D eigenvalue weighted by molar-refractivity contribution is 5.98. The summed E-state index contributed by atoms with van der Waals surface area (Å²) >= 11 is 0. The van der Waals surface area contributed by atoms with Gasteiger partial charge < -0.3 is 0 Å². The minimum atomic E-state index is -0.311. The molecule has 0 N–H and O–H groups in total. The molecule has 0 saturated heterocycles. The minimum absolute atomic E-state index is 0.00463. The van der Waals surface area contributed by atoms with Crippen molar-refractivity contribution in [1.29, 1.82) is 0 Å². The van der Waals surface area contributed by atoms with E-state index in [2.05, 4.69) is 6.58 Å². The summed E-state index contributed by atoms with van der Waals surface area (Å²) < 4.78 is 12.7. The van der Waals surface area contributed by atoms with Crippen molar-refractivity contribution in [2.24, 2.45) is 0 Å². The predicted molar refractivity (Wildman–Crippen MR) is 54.9 cm³/mol. The molecule has 1 nitrogen and oxygen atoms in total. The van der Waals surface area contributed by atoms with Gasteiger partial charge in [0.1, 0.15) is 5.82 Å². The number of benzene rings is 1. The number of hydrogen-bond acceptors (Lipinski definition) is 1. The fourth-order valence-electron chi connectivity index (χ4n) is 1.31. The summed E-state index contributed by atoms with van der Waals surface area (Å²) in [6.07, 6.45) is 0.326. The number of carbonyl (C=O) groups excluding carboxylic acids is 1. The number of ketones is 1. The SMILES string of the molecule is C=C(C)CC(=O)c1ccc(F)cc1C. The van der Waals surface area contributed by atoms with E-state index in [1.54, 1.807) is 13.8 Å². The molecule has 0 aliphatic carbocycles. The minimum Gasteiger partial charge on any atom is -0.294 e. The maximum atomic E-state index is 12.7. The molecule has 1 rings (SSSR count). The lowest BCUT2D eigenvalue weighted by atomic mass is 10.0. The topological polar surface area (TPSA) is 17.1 Å². The van der Waals surface area contributed by atoms with Gasteiger partial charge >= 0.3 is 0 Å². The normalized spacial score (nSPS) is 9.93. The third-order valence-electron chi connectivity index (χ3n) is 1.95. The predicted octanol–water partition coefficient (Wildman–Crippen LogP) is 3.28. The van der Waals surface area contributed by atoms with Gasteiger partial charge in [-0.2, -0.15) is 0 Å². The number of halogens is 1. The summed E-state index contributed by atoms with van der Waals surface area (Å²) in [5, 5.41) is 0. The molecule has 0 atom stereocenters. The standard InChI is InChI=1S/C12H13FO/c1-8(2)6-12(14)11-5-4-10(13)7-9(11)3/h4-5,7H,1,6H2,2-3H3. The molecule has 0 aliphatic heterocycles. The van der Waals surface area contributed by atoms with Crippen molar-refractivity contribution >= 4 is 5.78 Å². The summed E-state index contributed by atoms with van der Waals surface area (Å²) in [4.78, 5) is 11.6. The van der Waals surface area contributed by atoms with Crippen molar-refractivity contribution in [3.8, 4) is 0 Å². The third-order valence-corrected chi connectivity index (χ3v) is 1.95. The summed E-state index contributed by atoms with van der Waals surface area (Å²) in [5.74, 6) is -0.315. The fourth-order valence-corrected chi connectivity index (χ4v) is 1.31. The monoisotopic (exact) mass is 192 g/mol. The Kier molecular flexibility index (Phi) is 3.18. The van der Waals surface area contributed by atoms with Crippen LogP contribution < -0.4 is 0 Å². The number of aryl methyl sites for hydroxylation is 1. The number of carbonyl (C=O) groups is 1. The van der Waals surface area contributed by atoms with Gasteiger partial charge in [0, 0.05) is 12.0 Å².